The smallest absolute Gasteiger partial charge is 0.287 e. The molecule has 1 aliphatic rings. The lowest BCUT2D eigenvalue weighted by Gasteiger charge is -2.19. The van der Waals surface area contributed by atoms with Crippen molar-refractivity contribution in [1.29, 1.82) is 0 Å². The van der Waals surface area contributed by atoms with Crippen LogP contribution < -0.4 is 0 Å². The van der Waals surface area contributed by atoms with Gasteiger partial charge in [0.1, 0.15) is 12.0 Å². The Morgan fingerprint density at radius 3 is 2.82 bits per heavy atom. The second-order valence-electron chi connectivity index (χ2n) is 3.93. The van der Waals surface area contributed by atoms with Gasteiger partial charge in [-0.1, -0.05) is 18.2 Å². The number of aromatic nitrogens is 1. The van der Waals surface area contributed by atoms with Gasteiger partial charge in [0.25, 0.3) is 5.69 Å². The van der Waals surface area contributed by atoms with Gasteiger partial charge in [0.15, 0.2) is 0 Å². The number of hydrogen-bond donors (Lipinski definition) is 0. The summed E-state index contributed by atoms with van der Waals surface area (Å²) in [7, 11) is 0. The summed E-state index contributed by atoms with van der Waals surface area (Å²) in [5.41, 5.74) is -0.0238. The number of nitro groups is 1. The summed E-state index contributed by atoms with van der Waals surface area (Å²) in [5, 5.41) is 11.1. The first kappa shape index (κ1) is 12.0. The molecular weight excluding hydrogens is 240 g/mol. The topological polar surface area (TPSA) is 73.1 Å². The molecule has 1 aliphatic carbocycles. The number of hydrogen-bond acceptors (Lipinski definition) is 5. The zero-order chi connectivity index (χ0) is 12.3. The van der Waals surface area contributed by atoms with Crippen LogP contribution in [0.25, 0.3) is 0 Å². The van der Waals surface area contributed by atoms with Crippen LogP contribution in [-0.2, 0) is 4.79 Å². The van der Waals surface area contributed by atoms with E-state index in [1.807, 2.05) is 0 Å². The largest absolute Gasteiger partial charge is 0.298 e. The Morgan fingerprint density at radius 1 is 1.41 bits per heavy atom. The fourth-order valence-corrected chi connectivity index (χ4v) is 2.86. The quantitative estimate of drug-likeness (QED) is 0.610. The van der Waals surface area contributed by atoms with Crippen LogP contribution in [0.1, 0.15) is 25.7 Å². The SMILES string of the molecule is O=C1CCCC[C@H]1Sc1ccc([N+](=O)[O-])cn1. The first-order chi connectivity index (χ1) is 8.16. The maximum Gasteiger partial charge on any atom is 0.287 e. The van der Waals surface area contributed by atoms with Crippen LogP contribution in [0.4, 0.5) is 5.69 Å². The molecule has 1 aromatic rings. The molecule has 1 heterocycles. The van der Waals surface area contributed by atoms with E-state index in [0.29, 0.717) is 11.4 Å². The lowest BCUT2D eigenvalue weighted by atomic mass is 9.99. The van der Waals surface area contributed by atoms with Crippen LogP contribution in [0.3, 0.4) is 0 Å². The van der Waals surface area contributed by atoms with Gasteiger partial charge in [-0.3, -0.25) is 14.9 Å². The fourth-order valence-electron chi connectivity index (χ4n) is 1.77. The molecule has 90 valence electrons. The van der Waals surface area contributed by atoms with Crippen molar-refractivity contribution in [1.82, 2.24) is 4.98 Å². The average Bonchev–Trinajstić information content (AvgIpc) is 2.33. The third kappa shape index (κ3) is 3.03. The standard InChI is InChI=1S/C11H12N2O3S/c14-9-3-1-2-4-10(9)17-11-6-5-8(7-12-11)13(15)16/h5-7,10H,1-4H2/t10-/m1/s1. The van der Waals surface area contributed by atoms with E-state index in [-0.39, 0.29) is 16.7 Å². The fraction of sp³-hybridized carbons (Fsp3) is 0.455. The first-order valence-corrected chi connectivity index (χ1v) is 6.34. The molecule has 0 radical (unpaired) electrons. The van der Waals surface area contributed by atoms with Crippen molar-refractivity contribution in [2.24, 2.45) is 0 Å². The van der Waals surface area contributed by atoms with Gasteiger partial charge in [0.2, 0.25) is 0 Å². The number of rotatable bonds is 3. The molecule has 0 unspecified atom stereocenters. The minimum Gasteiger partial charge on any atom is -0.298 e. The summed E-state index contributed by atoms with van der Waals surface area (Å²) < 4.78 is 0. The van der Waals surface area contributed by atoms with E-state index in [1.54, 1.807) is 6.07 Å². The van der Waals surface area contributed by atoms with E-state index in [1.165, 1.54) is 24.0 Å². The molecule has 1 saturated carbocycles. The summed E-state index contributed by atoms with van der Waals surface area (Å²) in [6.07, 6.45) is 4.79. The molecular formula is C11H12N2O3S. The molecule has 0 saturated heterocycles. The predicted molar refractivity (Wildman–Crippen MR) is 64.0 cm³/mol. The highest BCUT2D eigenvalue weighted by Crippen LogP contribution is 2.30. The van der Waals surface area contributed by atoms with E-state index >= 15 is 0 Å². The third-order valence-corrected chi connectivity index (χ3v) is 3.96. The predicted octanol–water partition coefficient (Wildman–Crippen LogP) is 2.59. The molecule has 0 N–H and O–H groups in total. The zero-order valence-corrected chi connectivity index (χ0v) is 9.98. The van der Waals surface area contributed by atoms with Gasteiger partial charge >= 0.3 is 0 Å². The molecule has 0 amide bonds. The number of nitrogens with zero attached hydrogens (tertiary/aromatic N) is 2. The van der Waals surface area contributed by atoms with E-state index in [2.05, 4.69) is 4.98 Å². The van der Waals surface area contributed by atoms with E-state index in [4.69, 9.17) is 0 Å². The Morgan fingerprint density at radius 2 is 2.24 bits per heavy atom. The molecule has 6 heteroatoms. The summed E-state index contributed by atoms with van der Waals surface area (Å²) in [6, 6.07) is 3.02. The monoisotopic (exact) mass is 252 g/mol. The number of carbonyl (C=O) groups is 1. The lowest BCUT2D eigenvalue weighted by molar-refractivity contribution is -0.385. The molecule has 1 atom stereocenters. The second kappa shape index (κ2) is 5.27. The maximum absolute atomic E-state index is 11.6. The normalized spacial score (nSPS) is 20.2. The van der Waals surface area contributed by atoms with Gasteiger partial charge in [0.05, 0.1) is 15.2 Å². The Hall–Kier alpha value is -1.43. The minimum absolute atomic E-state index is 0.0238. The van der Waals surface area contributed by atoms with Crippen molar-refractivity contribution >= 4 is 23.2 Å². The van der Waals surface area contributed by atoms with Crippen molar-refractivity contribution in [3.05, 3.63) is 28.4 Å². The highest BCUT2D eigenvalue weighted by Gasteiger charge is 2.23. The van der Waals surface area contributed by atoms with Crippen LogP contribution in [0.15, 0.2) is 23.4 Å². The molecule has 2 rings (SSSR count). The van der Waals surface area contributed by atoms with E-state index in [9.17, 15) is 14.9 Å². The molecule has 1 aromatic heterocycles. The number of carbonyl (C=O) groups excluding carboxylic acids is 1. The Bertz CT molecular complexity index is 433. The van der Waals surface area contributed by atoms with Crippen molar-refractivity contribution in [3.63, 3.8) is 0 Å². The summed E-state index contributed by atoms with van der Waals surface area (Å²) in [6.45, 7) is 0. The number of ketones is 1. The average molecular weight is 252 g/mol. The van der Waals surface area contributed by atoms with Gasteiger partial charge in [-0.2, -0.15) is 0 Å². The van der Waals surface area contributed by atoms with Crippen molar-refractivity contribution in [2.45, 2.75) is 36.0 Å². The lowest BCUT2D eigenvalue weighted by Crippen LogP contribution is -2.21. The van der Waals surface area contributed by atoms with E-state index in [0.717, 1.165) is 19.3 Å². The van der Waals surface area contributed by atoms with Crippen LogP contribution in [0.2, 0.25) is 0 Å². The van der Waals surface area contributed by atoms with Crippen molar-refractivity contribution < 1.29 is 9.72 Å². The van der Waals surface area contributed by atoms with Gasteiger partial charge in [-0.25, -0.2) is 4.98 Å². The molecule has 1 fully saturated rings. The number of pyridine rings is 1. The molecule has 17 heavy (non-hydrogen) atoms. The molecule has 0 aliphatic heterocycles. The highest BCUT2D eigenvalue weighted by molar-refractivity contribution is 8.00. The highest BCUT2D eigenvalue weighted by atomic mass is 32.2. The second-order valence-corrected chi connectivity index (χ2v) is 5.15. The number of Topliss-reactive ketones (excluding diaryl/α,β-unsaturated/α-hetero) is 1. The summed E-state index contributed by atoms with van der Waals surface area (Å²) in [5.74, 6) is 0.265. The van der Waals surface area contributed by atoms with Crippen LogP contribution in [-0.4, -0.2) is 20.9 Å². The summed E-state index contributed by atoms with van der Waals surface area (Å²) in [4.78, 5) is 25.6. The molecule has 0 spiro atoms. The van der Waals surface area contributed by atoms with Crippen LogP contribution in [0, 0.1) is 10.1 Å². The van der Waals surface area contributed by atoms with Crippen LogP contribution >= 0.6 is 11.8 Å². The maximum atomic E-state index is 11.6. The first-order valence-electron chi connectivity index (χ1n) is 5.46. The number of thioether (sulfide) groups is 1. The summed E-state index contributed by atoms with van der Waals surface area (Å²) >= 11 is 1.41. The van der Waals surface area contributed by atoms with Gasteiger partial charge in [-0.05, 0) is 18.9 Å². The Balaban J connectivity index is 2.03. The Kier molecular flexibility index (Phi) is 3.73. The minimum atomic E-state index is -0.479. The van der Waals surface area contributed by atoms with Gasteiger partial charge in [0, 0.05) is 12.5 Å². The molecule has 5 nitrogen and oxygen atoms in total. The zero-order valence-electron chi connectivity index (χ0n) is 9.17. The van der Waals surface area contributed by atoms with E-state index < -0.39 is 4.92 Å². The van der Waals surface area contributed by atoms with Crippen molar-refractivity contribution in [3.8, 4) is 0 Å². The van der Waals surface area contributed by atoms with Gasteiger partial charge in [-0.15, -0.1) is 0 Å². The van der Waals surface area contributed by atoms with Crippen molar-refractivity contribution in [2.75, 3.05) is 0 Å². The molecule has 0 aromatic carbocycles. The third-order valence-electron chi connectivity index (χ3n) is 2.69. The van der Waals surface area contributed by atoms with Gasteiger partial charge < -0.3 is 0 Å². The van der Waals surface area contributed by atoms with Crippen LogP contribution in [0.5, 0.6) is 0 Å². The molecule has 0 bridgehead atoms. The Labute approximate surface area is 103 Å².